The maximum atomic E-state index is 3.76. The molecule has 1 aliphatic heterocycles. The molecule has 1 heterocycles. The van der Waals surface area contributed by atoms with Crippen LogP contribution in [0.4, 0.5) is 0 Å². The standard InChI is InChI=1S/C18H30N2/c1-5-6-12-20-14-16(15-10-8-7-9-11-15)19-13-17(20)18(2,3)4/h7-11,16-17,19H,5-6,12-14H2,1-4H3. The third-order valence-electron chi connectivity index (χ3n) is 4.42. The van der Waals surface area contributed by atoms with Crippen LogP contribution in [-0.2, 0) is 0 Å². The molecule has 0 amide bonds. The van der Waals surface area contributed by atoms with Crippen LogP contribution in [0.1, 0.15) is 52.1 Å². The van der Waals surface area contributed by atoms with E-state index in [1.165, 1.54) is 24.9 Å². The highest BCUT2D eigenvalue weighted by Gasteiger charge is 2.35. The first-order valence-corrected chi connectivity index (χ1v) is 8.04. The number of hydrogen-bond acceptors (Lipinski definition) is 2. The van der Waals surface area contributed by atoms with Crippen molar-refractivity contribution < 1.29 is 0 Å². The second-order valence-electron chi connectivity index (χ2n) is 7.10. The van der Waals surface area contributed by atoms with Crippen molar-refractivity contribution in [3.63, 3.8) is 0 Å². The van der Waals surface area contributed by atoms with Crippen LogP contribution in [0.25, 0.3) is 0 Å². The molecule has 2 nitrogen and oxygen atoms in total. The zero-order valence-electron chi connectivity index (χ0n) is 13.5. The quantitative estimate of drug-likeness (QED) is 0.897. The normalized spacial score (nSPS) is 24.8. The van der Waals surface area contributed by atoms with E-state index in [-0.39, 0.29) is 0 Å². The molecule has 2 rings (SSSR count). The number of benzene rings is 1. The van der Waals surface area contributed by atoms with Crippen molar-refractivity contribution in [2.45, 2.75) is 52.6 Å². The second-order valence-corrected chi connectivity index (χ2v) is 7.10. The van der Waals surface area contributed by atoms with Crippen LogP contribution in [0, 0.1) is 5.41 Å². The second kappa shape index (κ2) is 6.73. The Kier molecular flexibility index (Phi) is 5.22. The molecule has 1 aromatic rings. The minimum atomic E-state index is 0.336. The zero-order valence-corrected chi connectivity index (χ0v) is 13.5. The summed E-state index contributed by atoms with van der Waals surface area (Å²) in [4.78, 5) is 2.71. The topological polar surface area (TPSA) is 15.3 Å². The molecule has 20 heavy (non-hydrogen) atoms. The SMILES string of the molecule is CCCCN1CC(c2ccccc2)NCC1C(C)(C)C. The fourth-order valence-electron chi connectivity index (χ4n) is 3.18. The van der Waals surface area contributed by atoms with Crippen LogP contribution >= 0.6 is 0 Å². The van der Waals surface area contributed by atoms with E-state index in [0.717, 1.165) is 13.1 Å². The van der Waals surface area contributed by atoms with Gasteiger partial charge < -0.3 is 5.32 Å². The lowest BCUT2D eigenvalue weighted by Crippen LogP contribution is -2.57. The number of hydrogen-bond donors (Lipinski definition) is 1. The highest BCUT2D eigenvalue weighted by atomic mass is 15.2. The van der Waals surface area contributed by atoms with E-state index in [1.54, 1.807) is 0 Å². The largest absolute Gasteiger partial charge is 0.307 e. The molecular weight excluding hydrogens is 244 g/mol. The van der Waals surface area contributed by atoms with Crippen molar-refractivity contribution >= 4 is 0 Å². The fourth-order valence-corrected chi connectivity index (χ4v) is 3.18. The summed E-state index contributed by atoms with van der Waals surface area (Å²) in [7, 11) is 0. The summed E-state index contributed by atoms with van der Waals surface area (Å²) in [5.74, 6) is 0. The molecular formula is C18H30N2. The first-order valence-electron chi connectivity index (χ1n) is 8.04. The van der Waals surface area contributed by atoms with E-state index in [4.69, 9.17) is 0 Å². The zero-order chi connectivity index (χ0) is 14.6. The molecule has 0 aliphatic carbocycles. The number of unbranched alkanes of at least 4 members (excludes halogenated alkanes) is 1. The molecule has 2 heteroatoms. The van der Waals surface area contributed by atoms with Gasteiger partial charge in [0.05, 0.1) is 0 Å². The molecule has 0 spiro atoms. The maximum Gasteiger partial charge on any atom is 0.0449 e. The highest BCUT2D eigenvalue weighted by Crippen LogP contribution is 2.30. The van der Waals surface area contributed by atoms with Gasteiger partial charge in [0.1, 0.15) is 0 Å². The van der Waals surface area contributed by atoms with Crippen molar-refractivity contribution in [3.05, 3.63) is 35.9 Å². The first-order chi connectivity index (χ1) is 9.52. The summed E-state index contributed by atoms with van der Waals surface area (Å²) in [6, 6.07) is 12.0. The fraction of sp³-hybridized carbons (Fsp3) is 0.667. The predicted molar refractivity (Wildman–Crippen MR) is 86.9 cm³/mol. The van der Waals surface area contributed by atoms with Crippen LogP contribution in [0.2, 0.25) is 0 Å². The lowest BCUT2D eigenvalue weighted by molar-refractivity contribution is 0.0544. The molecule has 0 radical (unpaired) electrons. The van der Waals surface area contributed by atoms with Crippen molar-refractivity contribution in [2.24, 2.45) is 5.41 Å². The Morgan fingerprint density at radius 2 is 1.90 bits per heavy atom. The van der Waals surface area contributed by atoms with E-state index in [9.17, 15) is 0 Å². The van der Waals surface area contributed by atoms with Crippen molar-refractivity contribution in [3.8, 4) is 0 Å². The Balaban J connectivity index is 2.09. The van der Waals surface area contributed by atoms with E-state index in [2.05, 4.69) is 68.2 Å². The van der Waals surface area contributed by atoms with Gasteiger partial charge in [0.25, 0.3) is 0 Å². The third-order valence-corrected chi connectivity index (χ3v) is 4.42. The van der Waals surface area contributed by atoms with Crippen molar-refractivity contribution in [1.82, 2.24) is 10.2 Å². The smallest absolute Gasteiger partial charge is 0.0449 e. The minimum absolute atomic E-state index is 0.336. The Morgan fingerprint density at radius 3 is 2.50 bits per heavy atom. The number of piperazine rings is 1. The van der Waals surface area contributed by atoms with E-state index >= 15 is 0 Å². The Hall–Kier alpha value is -0.860. The first kappa shape index (κ1) is 15.5. The summed E-state index contributed by atoms with van der Waals surface area (Å²) in [5, 5.41) is 3.76. The summed E-state index contributed by atoms with van der Waals surface area (Å²) in [5.41, 5.74) is 1.75. The summed E-state index contributed by atoms with van der Waals surface area (Å²) in [6.45, 7) is 12.8. The molecule has 1 saturated heterocycles. The van der Waals surface area contributed by atoms with E-state index in [1.807, 2.05) is 0 Å². The van der Waals surface area contributed by atoms with Crippen molar-refractivity contribution in [1.29, 1.82) is 0 Å². The van der Waals surface area contributed by atoms with E-state index < -0.39 is 0 Å². The van der Waals surface area contributed by atoms with Gasteiger partial charge >= 0.3 is 0 Å². The number of rotatable bonds is 4. The number of nitrogens with zero attached hydrogens (tertiary/aromatic N) is 1. The summed E-state index contributed by atoms with van der Waals surface area (Å²) in [6.07, 6.45) is 2.57. The molecule has 0 aromatic heterocycles. The molecule has 1 aromatic carbocycles. The molecule has 2 atom stereocenters. The van der Waals surface area contributed by atoms with Crippen LogP contribution < -0.4 is 5.32 Å². The predicted octanol–water partition coefficient (Wildman–Crippen LogP) is 3.85. The Bertz CT molecular complexity index is 394. The van der Waals surface area contributed by atoms with E-state index in [0.29, 0.717) is 17.5 Å². The Labute approximate surface area is 124 Å². The molecule has 1 aliphatic rings. The van der Waals surface area contributed by atoms with Gasteiger partial charge in [-0.25, -0.2) is 0 Å². The molecule has 0 bridgehead atoms. The Morgan fingerprint density at radius 1 is 1.20 bits per heavy atom. The number of nitrogens with one attached hydrogen (secondary N) is 1. The summed E-state index contributed by atoms with van der Waals surface area (Å²) >= 11 is 0. The lowest BCUT2D eigenvalue weighted by Gasteiger charge is -2.46. The van der Waals surface area contributed by atoms with Gasteiger partial charge in [0.15, 0.2) is 0 Å². The van der Waals surface area contributed by atoms with Gasteiger partial charge in [0.2, 0.25) is 0 Å². The van der Waals surface area contributed by atoms with Crippen LogP contribution in [0.15, 0.2) is 30.3 Å². The van der Waals surface area contributed by atoms with Crippen molar-refractivity contribution in [2.75, 3.05) is 19.6 Å². The van der Waals surface area contributed by atoms with Crippen LogP contribution in [-0.4, -0.2) is 30.6 Å². The average molecular weight is 274 g/mol. The van der Waals surface area contributed by atoms with Gasteiger partial charge in [0, 0.05) is 25.2 Å². The highest BCUT2D eigenvalue weighted by molar-refractivity contribution is 5.20. The van der Waals surface area contributed by atoms with Crippen LogP contribution in [0.5, 0.6) is 0 Å². The van der Waals surface area contributed by atoms with Gasteiger partial charge in [-0.3, -0.25) is 4.90 Å². The van der Waals surface area contributed by atoms with Gasteiger partial charge in [-0.15, -0.1) is 0 Å². The average Bonchev–Trinajstić information content (AvgIpc) is 2.44. The minimum Gasteiger partial charge on any atom is -0.307 e. The molecule has 1 N–H and O–H groups in total. The monoisotopic (exact) mass is 274 g/mol. The van der Waals surface area contributed by atoms with Gasteiger partial charge in [-0.1, -0.05) is 64.4 Å². The third kappa shape index (κ3) is 3.83. The lowest BCUT2D eigenvalue weighted by atomic mass is 9.83. The van der Waals surface area contributed by atoms with Gasteiger partial charge in [-0.2, -0.15) is 0 Å². The molecule has 0 saturated carbocycles. The molecule has 112 valence electrons. The summed E-state index contributed by atoms with van der Waals surface area (Å²) < 4.78 is 0. The molecule has 2 unspecified atom stereocenters. The van der Waals surface area contributed by atoms with Gasteiger partial charge in [-0.05, 0) is 23.9 Å². The molecule has 1 fully saturated rings. The van der Waals surface area contributed by atoms with Crippen LogP contribution in [0.3, 0.4) is 0 Å². The maximum absolute atomic E-state index is 3.76.